The number of piperazine rings is 1. The quantitative estimate of drug-likeness (QED) is 0.551. The summed E-state index contributed by atoms with van der Waals surface area (Å²) in [5.41, 5.74) is 0. The minimum absolute atomic E-state index is 0.0683. The van der Waals surface area contributed by atoms with Crippen LogP contribution >= 0.6 is 0 Å². The topological polar surface area (TPSA) is 32.3 Å². The number of carbonyl (C=O) groups excluding carboxylic acids is 1. The van der Waals surface area contributed by atoms with Crippen molar-refractivity contribution in [3.05, 3.63) is 0 Å². The molecule has 1 rings (SSSR count). The SMILES string of the molecule is CCN1CCNC(=O)[C@H]1C. The number of carbonyl (C=O) groups is 1. The molecule has 1 saturated heterocycles. The molecule has 1 N–H and O–H groups in total. The summed E-state index contributed by atoms with van der Waals surface area (Å²) in [5.74, 6) is 0.160. The minimum atomic E-state index is 0.0683. The third kappa shape index (κ3) is 1.29. The van der Waals surface area contributed by atoms with E-state index in [1.165, 1.54) is 0 Å². The largest absolute Gasteiger partial charge is 0.353 e. The Balaban J connectivity index is 2.51. The molecule has 0 aromatic carbocycles. The number of hydrogen-bond acceptors (Lipinski definition) is 2. The van der Waals surface area contributed by atoms with E-state index < -0.39 is 0 Å². The summed E-state index contributed by atoms with van der Waals surface area (Å²) < 4.78 is 0. The van der Waals surface area contributed by atoms with Crippen molar-refractivity contribution in [2.24, 2.45) is 0 Å². The summed E-state index contributed by atoms with van der Waals surface area (Å²) in [6.07, 6.45) is 0. The molecule has 58 valence electrons. The van der Waals surface area contributed by atoms with Crippen LogP contribution in [0.2, 0.25) is 0 Å². The van der Waals surface area contributed by atoms with Crippen molar-refractivity contribution in [2.45, 2.75) is 19.9 Å². The first-order valence-corrected chi connectivity index (χ1v) is 3.77. The molecule has 1 amide bonds. The second-order valence-corrected chi connectivity index (χ2v) is 2.60. The molecule has 0 saturated carbocycles. The van der Waals surface area contributed by atoms with Crippen molar-refractivity contribution < 1.29 is 4.79 Å². The minimum Gasteiger partial charge on any atom is -0.353 e. The normalized spacial score (nSPS) is 28.2. The Kier molecular flexibility index (Phi) is 2.27. The Morgan fingerprint density at radius 1 is 1.80 bits per heavy atom. The molecule has 1 aliphatic heterocycles. The number of amides is 1. The van der Waals surface area contributed by atoms with Gasteiger partial charge in [0.1, 0.15) is 0 Å². The molecule has 1 atom stereocenters. The molecule has 0 radical (unpaired) electrons. The summed E-state index contributed by atoms with van der Waals surface area (Å²) >= 11 is 0. The Hall–Kier alpha value is -0.570. The van der Waals surface area contributed by atoms with Gasteiger partial charge in [-0.3, -0.25) is 9.69 Å². The summed E-state index contributed by atoms with van der Waals surface area (Å²) in [6, 6.07) is 0.0683. The Morgan fingerprint density at radius 2 is 2.50 bits per heavy atom. The van der Waals surface area contributed by atoms with E-state index in [0.717, 1.165) is 19.6 Å². The van der Waals surface area contributed by atoms with E-state index in [-0.39, 0.29) is 11.9 Å². The van der Waals surface area contributed by atoms with E-state index in [1.54, 1.807) is 0 Å². The molecule has 0 aromatic heterocycles. The van der Waals surface area contributed by atoms with Crippen LogP contribution in [-0.2, 0) is 4.79 Å². The zero-order chi connectivity index (χ0) is 7.56. The molecule has 3 heteroatoms. The fraction of sp³-hybridized carbons (Fsp3) is 0.857. The molecule has 1 aliphatic rings. The summed E-state index contributed by atoms with van der Waals surface area (Å²) in [7, 11) is 0. The van der Waals surface area contributed by atoms with Gasteiger partial charge < -0.3 is 5.32 Å². The third-order valence-electron chi connectivity index (χ3n) is 2.03. The molecule has 0 spiro atoms. The van der Waals surface area contributed by atoms with E-state index in [0.29, 0.717) is 0 Å². The molecule has 3 nitrogen and oxygen atoms in total. The zero-order valence-corrected chi connectivity index (χ0v) is 6.55. The van der Waals surface area contributed by atoms with Crippen molar-refractivity contribution >= 4 is 5.91 Å². The predicted octanol–water partition coefficient (Wildman–Crippen LogP) is -0.173. The Bertz CT molecular complexity index is 136. The van der Waals surface area contributed by atoms with Gasteiger partial charge in [0.15, 0.2) is 0 Å². The van der Waals surface area contributed by atoms with E-state index in [4.69, 9.17) is 0 Å². The smallest absolute Gasteiger partial charge is 0.237 e. The van der Waals surface area contributed by atoms with Crippen molar-refractivity contribution in [1.82, 2.24) is 10.2 Å². The van der Waals surface area contributed by atoms with Crippen LogP contribution in [0.25, 0.3) is 0 Å². The van der Waals surface area contributed by atoms with Crippen LogP contribution in [0.15, 0.2) is 0 Å². The van der Waals surface area contributed by atoms with E-state index in [9.17, 15) is 4.79 Å². The molecule has 1 fully saturated rings. The van der Waals surface area contributed by atoms with Gasteiger partial charge in [0.25, 0.3) is 0 Å². The second kappa shape index (κ2) is 3.01. The lowest BCUT2D eigenvalue weighted by Gasteiger charge is -2.31. The lowest BCUT2D eigenvalue weighted by Crippen LogP contribution is -2.53. The van der Waals surface area contributed by atoms with Gasteiger partial charge in [-0.05, 0) is 13.5 Å². The number of likely N-dealkylation sites (N-methyl/N-ethyl adjacent to an activating group) is 1. The molecule has 0 unspecified atom stereocenters. The highest BCUT2D eigenvalue weighted by atomic mass is 16.2. The Morgan fingerprint density at radius 3 is 3.00 bits per heavy atom. The van der Waals surface area contributed by atoms with Gasteiger partial charge in [-0.1, -0.05) is 6.92 Å². The number of rotatable bonds is 1. The van der Waals surface area contributed by atoms with E-state index >= 15 is 0 Å². The second-order valence-electron chi connectivity index (χ2n) is 2.60. The van der Waals surface area contributed by atoms with Crippen LogP contribution in [0.4, 0.5) is 0 Å². The molecule has 0 aliphatic carbocycles. The fourth-order valence-corrected chi connectivity index (χ4v) is 1.26. The lowest BCUT2D eigenvalue weighted by molar-refractivity contribution is -0.128. The maximum Gasteiger partial charge on any atom is 0.237 e. The number of hydrogen-bond donors (Lipinski definition) is 1. The summed E-state index contributed by atoms with van der Waals surface area (Å²) in [6.45, 7) is 6.78. The van der Waals surface area contributed by atoms with Gasteiger partial charge >= 0.3 is 0 Å². The van der Waals surface area contributed by atoms with E-state index in [1.807, 2.05) is 6.92 Å². The van der Waals surface area contributed by atoms with Crippen molar-refractivity contribution in [3.63, 3.8) is 0 Å². The van der Waals surface area contributed by atoms with Gasteiger partial charge in [0.2, 0.25) is 5.91 Å². The van der Waals surface area contributed by atoms with Crippen LogP contribution in [0.3, 0.4) is 0 Å². The molecule has 0 bridgehead atoms. The summed E-state index contributed by atoms with van der Waals surface area (Å²) in [4.78, 5) is 13.2. The molecular formula is C7H14N2O. The monoisotopic (exact) mass is 142 g/mol. The first-order chi connectivity index (χ1) is 4.75. The van der Waals surface area contributed by atoms with Gasteiger partial charge in [0.05, 0.1) is 6.04 Å². The van der Waals surface area contributed by atoms with Gasteiger partial charge in [0, 0.05) is 13.1 Å². The molecule has 10 heavy (non-hydrogen) atoms. The average Bonchev–Trinajstić information content (AvgIpc) is 1.95. The van der Waals surface area contributed by atoms with Crippen LogP contribution < -0.4 is 5.32 Å². The maximum absolute atomic E-state index is 11.0. The van der Waals surface area contributed by atoms with Crippen molar-refractivity contribution in [3.8, 4) is 0 Å². The standard InChI is InChI=1S/C7H14N2O/c1-3-9-5-4-8-7(10)6(9)2/h6H,3-5H2,1-2H3,(H,8,10)/t6-/m1/s1. The van der Waals surface area contributed by atoms with Crippen molar-refractivity contribution in [2.75, 3.05) is 19.6 Å². The van der Waals surface area contributed by atoms with Crippen LogP contribution in [0.1, 0.15) is 13.8 Å². The third-order valence-corrected chi connectivity index (χ3v) is 2.03. The highest BCUT2D eigenvalue weighted by Gasteiger charge is 2.23. The molecule has 1 heterocycles. The van der Waals surface area contributed by atoms with Crippen molar-refractivity contribution in [1.29, 1.82) is 0 Å². The van der Waals surface area contributed by atoms with Crippen LogP contribution in [0.5, 0.6) is 0 Å². The van der Waals surface area contributed by atoms with Crippen LogP contribution in [-0.4, -0.2) is 36.5 Å². The molecule has 0 aromatic rings. The Labute approximate surface area is 61.4 Å². The number of nitrogens with one attached hydrogen (secondary N) is 1. The van der Waals surface area contributed by atoms with E-state index in [2.05, 4.69) is 17.1 Å². The highest BCUT2D eigenvalue weighted by molar-refractivity contribution is 5.81. The van der Waals surface area contributed by atoms with Gasteiger partial charge in [-0.15, -0.1) is 0 Å². The first kappa shape index (κ1) is 7.54. The summed E-state index contributed by atoms with van der Waals surface area (Å²) in [5, 5.41) is 2.82. The highest BCUT2D eigenvalue weighted by Crippen LogP contribution is 2.01. The zero-order valence-electron chi connectivity index (χ0n) is 6.55. The average molecular weight is 142 g/mol. The maximum atomic E-state index is 11.0. The number of nitrogens with zero attached hydrogens (tertiary/aromatic N) is 1. The van der Waals surface area contributed by atoms with Gasteiger partial charge in [-0.2, -0.15) is 0 Å². The predicted molar refractivity (Wildman–Crippen MR) is 39.7 cm³/mol. The fourth-order valence-electron chi connectivity index (χ4n) is 1.26. The van der Waals surface area contributed by atoms with Gasteiger partial charge in [-0.25, -0.2) is 0 Å². The molecular weight excluding hydrogens is 128 g/mol. The first-order valence-electron chi connectivity index (χ1n) is 3.77. The lowest BCUT2D eigenvalue weighted by atomic mass is 10.2. The van der Waals surface area contributed by atoms with Crippen LogP contribution in [0, 0.1) is 0 Å².